The van der Waals surface area contributed by atoms with E-state index in [1.54, 1.807) is 0 Å². The molecule has 1 fully saturated rings. The first-order valence-corrected chi connectivity index (χ1v) is 6.41. The third-order valence-corrected chi connectivity index (χ3v) is 3.50. The van der Waals surface area contributed by atoms with Gasteiger partial charge in [-0.05, 0) is 23.1 Å². The van der Waals surface area contributed by atoms with E-state index >= 15 is 0 Å². The third-order valence-electron chi connectivity index (χ3n) is 3.50. The van der Waals surface area contributed by atoms with Gasteiger partial charge in [0.2, 0.25) is 5.91 Å². The molecular formula is C15H18NO3-. The van der Waals surface area contributed by atoms with E-state index in [9.17, 15) is 14.7 Å². The second kappa shape index (κ2) is 4.68. The maximum Gasteiger partial charge on any atom is 0.227 e. The Hall–Kier alpha value is -1.84. The number of aliphatic carboxylic acids is 1. The lowest BCUT2D eigenvalue weighted by Gasteiger charge is -2.21. The van der Waals surface area contributed by atoms with Gasteiger partial charge in [0.05, 0.1) is 0 Å². The van der Waals surface area contributed by atoms with E-state index in [-0.39, 0.29) is 24.3 Å². The Labute approximate surface area is 113 Å². The lowest BCUT2D eigenvalue weighted by atomic mass is 9.87. The molecule has 1 aromatic rings. The van der Waals surface area contributed by atoms with Crippen molar-refractivity contribution in [1.29, 1.82) is 0 Å². The van der Waals surface area contributed by atoms with Crippen molar-refractivity contribution in [3.63, 3.8) is 0 Å². The topological polar surface area (TPSA) is 60.4 Å². The largest absolute Gasteiger partial charge is 0.550 e. The van der Waals surface area contributed by atoms with Crippen LogP contribution >= 0.6 is 0 Å². The second-order valence-electron chi connectivity index (χ2n) is 6.02. The number of hydrogen-bond acceptors (Lipinski definition) is 3. The molecule has 1 atom stereocenters. The quantitative estimate of drug-likeness (QED) is 0.799. The molecule has 1 aliphatic heterocycles. The SMILES string of the molecule is CC(C)(C)c1ccc(N2C[C@H](C(=O)[O-])CC2=O)cc1. The van der Waals surface area contributed by atoms with Gasteiger partial charge in [-0.3, -0.25) is 4.79 Å². The van der Waals surface area contributed by atoms with Crippen LogP contribution < -0.4 is 10.0 Å². The molecule has 0 radical (unpaired) electrons. The predicted octanol–water partition coefficient (Wildman–Crippen LogP) is 1.09. The van der Waals surface area contributed by atoms with Crippen LogP contribution in [0.2, 0.25) is 0 Å². The minimum Gasteiger partial charge on any atom is -0.550 e. The van der Waals surface area contributed by atoms with Gasteiger partial charge in [0, 0.05) is 30.5 Å². The first-order chi connectivity index (χ1) is 8.79. The molecule has 102 valence electrons. The molecule has 0 N–H and O–H groups in total. The zero-order valence-electron chi connectivity index (χ0n) is 11.5. The van der Waals surface area contributed by atoms with Gasteiger partial charge in [-0.15, -0.1) is 0 Å². The number of anilines is 1. The number of nitrogens with zero attached hydrogens (tertiary/aromatic N) is 1. The molecule has 2 rings (SSSR count). The average Bonchev–Trinajstić information content (AvgIpc) is 2.70. The smallest absolute Gasteiger partial charge is 0.227 e. The maximum atomic E-state index is 11.8. The minimum absolute atomic E-state index is 0.0311. The number of amides is 1. The van der Waals surface area contributed by atoms with Crippen molar-refractivity contribution in [2.75, 3.05) is 11.4 Å². The predicted molar refractivity (Wildman–Crippen MR) is 70.6 cm³/mol. The highest BCUT2D eigenvalue weighted by Crippen LogP contribution is 2.28. The minimum atomic E-state index is -1.15. The van der Waals surface area contributed by atoms with Crippen LogP contribution in [-0.4, -0.2) is 18.4 Å². The van der Waals surface area contributed by atoms with E-state index in [4.69, 9.17) is 0 Å². The molecule has 0 aliphatic carbocycles. The van der Waals surface area contributed by atoms with Crippen molar-refractivity contribution in [2.45, 2.75) is 32.6 Å². The van der Waals surface area contributed by atoms with Gasteiger partial charge in [-0.2, -0.15) is 0 Å². The van der Waals surface area contributed by atoms with Crippen molar-refractivity contribution in [1.82, 2.24) is 0 Å². The van der Waals surface area contributed by atoms with E-state index in [2.05, 4.69) is 20.8 Å². The van der Waals surface area contributed by atoms with Crippen molar-refractivity contribution in [3.8, 4) is 0 Å². The van der Waals surface area contributed by atoms with Crippen LogP contribution in [-0.2, 0) is 15.0 Å². The molecule has 4 heteroatoms. The van der Waals surface area contributed by atoms with Gasteiger partial charge in [-0.25, -0.2) is 0 Å². The number of benzene rings is 1. The summed E-state index contributed by atoms with van der Waals surface area (Å²) < 4.78 is 0. The van der Waals surface area contributed by atoms with Crippen LogP contribution in [0, 0.1) is 5.92 Å². The van der Waals surface area contributed by atoms with E-state index in [0.29, 0.717) is 0 Å². The summed E-state index contributed by atoms with van der Waals surface area (Å²) in [6.45, 7) is 6.56. The number of carbonyl (C=O) groups excluding carboxylic acids is 2. The molecule has 19 heavy (non-hydrogen) atoms. The highest BCUT2D eigenvalue weighted by Gasteiger charge is 2.31. The number of carboxylic acid groups (broad SMARTS) is 1. The molecule has 1 saturated heterocycles. The molecular weight excluding hydrogens is 242 g/mol. The molecule has 0 bridgehead atoms. The molecule has 0 spiro atoms. The Morgan fingerprint density at radius 1 is 1.26 bits per heavy atom. The summed E-state index contributed by atoms with van der Waals surface area (Å²) in [5.41, 5.74) is 1.99. The lowest BCUT2D eigenvalue weighted by molar-refractivity contribution is -0.310. The lowest BCUT2D eigenvalue weighted by Crippen LogP contribution is -2.33. The number of carboxylic acids is 1. The van der Waals surface area contributed by atoms with Gasteiger partial charge in [0.1, 0.15) is 0 Å². The van der Waals surface area contributed by atoms with Crippen molar-refractivity contribution in [3.05, 3.63) is 29.8 Å². The summed E-state index contributed by atoms with van der Waals surface area (Å²) in [6.07, 6.45) is 0.0311. The van der Waals surface area contributed by atoms with Crippen LogP contribution in [0.25, 0.3) is 0 Å². The molecule has 0 unspecified atom stereocenters. The van der Waals surface area contributed by atoms with Crippen LogP contribution in [0.15, 0.2) is 24.3 Å². The monoisotopic (exact) mass is 260 g/mol. The molecule has 1 aromatic carbocycles. The Kier molecular flexibility index (Phi) is 3.35. The Bertz CT molecular complexity index is 499. The Morgan fingerprint density at radius 2 is 1.84 bits per heavy atom. The van der Waals surface area contributed by atoms with Gasteiger partial charge < -0.3 is 14.8 Å². The van der Waals surface area contributed by atoms with Crippen LogP contribution in [0.4, 0.5) is 5.69 Å². The fraction of sp³-hybridized carbons (Fsp3) is 0.467. The highest BCUT2D eigenvalue weighted by atomic mass is 16.4. The van der Waals surface area contributed by atoms with Gasteiger partial charge >= 0.3 is 0 Å². The average molecular weight is 260 g/mol. The van der Waals surface area contributed by atoms with Gasteiger partial charge in [-0.1, -0.05) is 32.9 Å². The van der Waals surface area contributed by atoms with Crippen molar-refractivity contribution >= 4 is 17.6 Å². The van der Waals surface area contributed by atoms with Crippen LogP contribution in [0.3, 0.4) is 0 Å². The summed E-state index contributed by atoms with van der Waals surface area (Å²) in [6, 6.07) is 7.70. The van der Waals surface area contributed by atoms with Crippen LogP contribution in [0.5, 0.6) is 0 Å². The fourth-order valence-electron chi connectivity index (χ4n) is 2.26. The van der Waals surface area contributed by atoms with E-state index in [1.165, 1.54) is 10.5 Å². The number of hydrogen-bond donors (Lipinski definition) is 0. The third kappa shape index (κ3) is 2.78. The number of rotatable bonds is 2. The standard InChI is InChI=1S/C15H19NO3/c1-15(2,3)11-4-6-12(7-5-11)16-9-10(14(18)19)8-13(16)17/h4-7,10H,8-9H2,1-3H3,(H,18,19)/p-1/t10-/m1/s1. The fourth-order valence-corrected chi connectivity index (χ4v) is 2.26. The van der Waals surface area contributed by atoms with Gasteiger partial charge in [0.25, 0.3) is 0 Å². The van der Waals surface area contributed by atoms with Crippen molar-refractivity contribution < 1.29 is 14.7 Å². The molecule has 1 heterocycles. The number of carbonyl (C=O) groups is 2. The van der Waals surface area contributed by atoms with E-state index in [1.807, 2.05) is 24.3 Å². The first kappa shape index (κ1) is 13.6. The van der Waals surface area contributed by atoms with Crippen LogP contribution in [0.1, 0.15) is 32.8 Å². The van der Waals surface area contributed by atoms with E-state index in [0.717, 1.165) is 5.69 Å². The summed E-state index contributed by atoms with van der Waals surface area (Å²) in [4.78, 5) is 24.1. The summed E-state index contributed by atoms with van der Waals surface area (Å²) in [5.74, 6) is -2.00. The molecule has 4 nitrogen and oxygen atoms in total. The normalized spacial score (nSPS) is 19.8. The van der Waals surface area contributed by atoms with Gasteiger partial charge in [0.15, 0.2) is 0 Å². The molecule has 1 aliphatic rings. The Morgan fingerprint density at radius 3 is 2.26 bits per heavy atom. The van der Waals surface area contributed by atoms with E-state index < -0.39 is 11.9 Å². The summed E-state index contributed by atoms with van der Waals surface area (Å²) in [5, 5.41) is 10.8. The first-order valence-electron chi connectivity index (χ1n) is 6.41. The maximum absolute atomic E-state index is 11.8. The Balaban J connectivity index is 2.19. The zero-order valence-corrected chi connectivity index (χ0v) is 11.5. The molecule has 1 amide bonds. The zero-order chi connectivity index (χ0) is 14.2. The molecule has 0 aromatic heterocycles. The highest BCUT2D eigenvalue weighted by molar-refractivity contribution is 5.98. The second-order valence-corrected chi connectivity index (χ2v) is 6.02. The molecule has 0 saturated carbocycles. The summed E-state index contributed by atoms with van der Waals surface area (Å²) >= 11 is 0. The van der Waals surface area contributed by atoms with Crippen molar-refractivity contribution in [2.24, 2.45) is 5.92 Å². The summed E-state index contributed by atoms with van der Waals surface area (Å²) in [7, 11) is 0.